The second kappa shape index (κ2) is 7.21. The third-order valence-electron chi connectivity index (χ3n) is 2.65. The Balaban J connectivity index is 1.83. The molecule has 0 saturated carbocycles. The van der Waals surface area contributed by atoms with Crippen LogP contribution in [0.5, 0.6) is 0 Å². The molecule has 0 spiro atoms. The number of rotatable bonds is 7. The van der Waals surface area contributed by atoms with Gasteiger partial charge in [0.1, 0.15) is 0 Å². The molecule has 3 nitrogen and oxygen atoms in total. The molecular weight excluding hydrogens is 244 g/mol. The second-order valence-electron chi connectivity index (χ2n) is 4.15. The molecule has 0 aliphatic carbocycles. The third-order valence-corrected chi connectivity index (χ3v) is 3.56. The van der Waals surface area contributed by atoms with Crippen LogP contribution >= 0.6 is 11.8 Å². The first kappa shape index (κ1) is 13.1. The van der Waals surface area contributed by atoms with Gasteiger partial charge in [0.05, 0.1) is 0 Å². The number of hydrogen-bond donors (Lipinski definition) is 0. The van der Waals surface area contributed by atoms with Gasteiger partial charge in [-0.25, -0.2) is 0 Å². The summed E-state index contributed by atoms with van der Waals surface area (Å²) in [5.74, 6) is 1.66. The summed E-state index contributed by atoms with van der Waals surface area (Å²) in [7, 11) is 0. The van der Waals surface area contributed by atoms with Crippen LogP contribution in [-0.4, -0.2) is 16.0 Å². The van der Waals surface area contributed by atoms with Gasteiger partial charge in [-0.1, -0.05) is 56.1 Å². The standard InChI is InChI=1S/C14H18N2OS/c1-2-3-4-8-11-18-14-16-15-13(17-14)12-9-6-5-7-10-12/h5-7,9-10H,2-4,8,11H2,1H3. The average Bonchev–Trinajstić information content (AvgIpc) is 2.88. The lowest BCUT2D eigenvalue weighted by Crippen LogP contribution is -1.81. The highest BCUT2D eigenvalue weighted by atomic mass is 32.2. The molecule has 0 N–H and O–H groups in total. The summed E-state index contributed by atoms with van der Waals surface area (Å²) >= 11 is 1.65. The Hall–Kier alpha value is -1.29. The first-order chi connectivity index (χ1) is 8.90. The first-order valence-electron chi connectivity index (χ1n) is 6.42. The molecule has 0 unspecified atom stereocenters. The van der Waals surface area contributed by atoms with Gasteiger partial charge < -0.3 is 4.42 Å². The van der Waals surface area contributed by atoms with Crippen LogP contribution in [0.2, 0.25) is 0 Å². The molecule has 1 aromatic carbocycles. The van der Waals surface area contributed by atoms with Crippen LogP contribution in [0.4, 0.5) is 0 Å². The average molecular weight is 262 g/mol. The van der Waals surface area contributed by atoms with Gasteiger partial charge in [0.2, 0.25) is 5.89 Å². The van der Waals surface area contributed by atoms with E-state index in [-0.39, 0.29) is 0 Å². The van der Waals surface area contributed by atoms with E-state index in [4.69, 9.17) is 4.42 Å². The van der Waals surface area contributed by atoms with E-state index in [1.807, 2.05) is 30.3 Å². The second-order valence-corrected chi connectivity index (χ2v) is 5.19. The molecule has 96 valence electrons. The lowest BCUT2D eigenvalue weighted by Gasteiger charge is -1.96. The zero-order valence-corrected chi connectivity index (χ0v) is 11.4. The van der Waals surface area contributed by atoms with Gasteiger partial charge in [-0.15, -0.1) is 10.2 Å². The Labute approximate surface area is 112 Å². The number of nitrogens with zero attached hydrogens (tertiary/aromatic N) is 2. The maximum Gasteiger partial charge on any atom is 0.276 e. The number of aromatic nitrogens is 2. The highest BCUT2D eigenvalue weighted by Gasteiger charge is 2.07. The summed E-state index contributed by atoms with van der Waals surface area (Å²) < 4.78 is 5.62. The zero-order valence-electron chi connectivity index (χ0n) is 10.6. The van der Waals surface area contributed by atoms with Crippen molar-refractivity contribution in [3.63, 3.8) is 0 Å². The van der Waals surface area contributed by atoms with Crippen molar-refractivity contribution in [3.05, 3.63) is 30.3 Å². The molecule has 0 aliphatic rings. The summed E-state index contributed by atoms with van der Waals surface area (Å²) in [6, 6.07) is 9.86. The van der Waals surface area contributed by atoms with Crippen LogP contribution in [0.15, 0.2) is 40.0 Å². The normalized spacial score (nSPS) is 10.7. The summed E-state index contributed by atoms with van der Waals surface area (Å²) in [5.41, 5.74) is 0.975. The molecule has 0 atom stereocenters. The SMILES string of the molecule is CCCCCCSc1nnc(-c2ccccc2)o1. The van der Waals surface area contributed by atoms with Gasteiger partial charge >= 0.3 is 0 Å². The highest BCUT2D eigenvalue weighted by Crippen LogP contribution is 2.23. The molecule has 2 rings (SSSR count). The monoisotopic (exact) mass is 262 g/mol. The van der Waals surface area contributed by atoms with Gasteiger partial charge in [0.25, 0.3) is 5.22 Å². The molecule has 0 saturated heterocycles. The summed E-state index contributed by atoms with van der Waals surface area (Å²) in [6.07, 6.45) is 5.06. The lowest BCUT2D eigenvalue weighted by molar-refractivity contribution is 0.465. The van der Waals surface area contributed by atoms with Crippen LogP contribution < -0.4 is 0 Å². The zero-order chi connectivity index (χ0) is 12.6. The van der Waals surface area contributed by atoms with E-state index in [9.17, 15) is 0 Å². The topological polar surface area (TPSA) is 38.9 Å². The number of unbranched alkanes of at least 4 members (excludes halogenated alkanes) is 3. The van der Waals surface area contributed by atoms with E-state index < -0.39 is 0 Å². The molecule has 1 aromatic heterocycles. The molecular formula is C14H18N2OS. The maximum atomic E-state index is 5.62. The highest BCUT2D eigenvalue weighted by molar-refractivity contribution is 7.99. The quantitative estimate of drug-likeness (QED) is 0.547. The minimum Gasteiger partial charge on any atom is -0.411 e. The number of hydrogen-bond acceptors (Lipinski definition) is 4. The molecule has 18 heavy (non-hydrogen) atoms. The van der Waals surface area contributed by atoms with Crippen LogP contribution in [0.25, 0.3) is 11.5 Å². The van der Waals surface area contributed by atoms with Crippen LogP contribution in [0.1, 0.15) is 32.6 Å². The Morgan fingerprint density at radius 1 is 1.06 bits per heavy atom. The van der Waals surface area contributed by atoms with Gasteiger partial charge in [-0.3, -0.25) is 0 Å². The summed E-state index contributed by atoms with van der Waals surface area (Å²) in [4.78, 5) is 0. The van der Waals surface area contributed by atoms with Crippen molar-refractivity contribution in [2.45, 2.75) is 37.8 Å². The lowest BCUT2D eigenvalue weighted by atomic mass is 10.2. The number of benzene rings is 1. The minimum absolute atomic E-state index is 0.603. The molecule has 0 fully saturated rings. The molecule has 1 heterocycles. The van der Waals surface area contributed by atoms with E-state index in [1.165, 1.54) is 25.7 Å². The Bertz CT molecular complexity index is 456. The Morgan fingerprint density at radius 3 is 2.67 bits per heavy atom. The Kier molecular flexibility index (Phi) is 5.27. The fourth-order valence-corrected chi connectivity index (χ4v) is 2.41. The van der Waals surface area contributed by atoms with Gasteiger partial charge in [0, 0.05) is 11.3 Å². The fraction of sp³-hybridized carbons (Fsp3) is 0.429. The minimum atomic E-state index is 0.603. The molecule has 0 aliphatic heterocycles. The number of thioether (sulfide) groups is 1. The molecule has 0 bridgehead atoms. The maximum absolute atomic E-state index is 5.62. The fourth-order valence-electron chi connectivity index (χ4n) is 1.65. The van der Waals surface area contributed by atoms with Crippen molar-refractivity contribution >= 4 is 11.8 Å². The predicted molar refractivity (Wildman–Crippen MR) is 74.6 cm³/mol. The van der Waals surface area contributed by atoms with E-state index in [0.717, 1.165) is 11.3 Å². The smallest absolute Gasteiger partial charge is 0.276 e. The molecule has 2 aromatic rings. The van der Waals surface area contributed by atoms with Gasteiger partial charge in [0.15, 0.2) is 0 Å². The van der Waals surface area contributed by atoms with Crippen LogP contribution in [0.3, 0.4) is 0 Å². The third kappa shape index (κ3) is 3.88. The molecule has 0 amide bonds. The van der Waals surface area contributed by atoms with Crippen molar-refractivity contribution in [3.8, 4) is 11.5 Å². The van der Waals surface area contributed by atoms with Gasteiger partial charge in [-0.2, -0.15) is 0 Å². The van der Waals surface area contributed by atoms with Crippen molar-refractivity contribution in [2.75, 3.05) is 5.75 Å². The molecule has 0 radical (unpaired) electrons. The van der Waals surface area contributed by atoms with E-state index >= 15 is 0 Å². The summed E-state index contributed by atoms with van der Waals surface area (Å²) in [6.45, 7) is 2.22. The van der Waals surface area contributed by atoms with Crippen molar-refractivity contribution in [1.29, 1.82) is 0 Å². The van der Waals surface area contributed by atoms with Crippen molar-refractivity contribution < 1.29 is 4.42 Å². The van der Waals surface area contributed by atoms with E-state index in [0.29, 0.717) is 11.1 Å². The Morgan fingerprint density at radius 2 is 1.89 bits per heavy atom. The van der Waals surface area contributed by atoms with Crippen molar-refractivity contribution in [1.82, 2.24) is 10.2 Å². The first-order valence-corrected chi connectivity index (χ1v) is 7.40. The van der Waals surface area contributed by atoms with Gasteiger partial charge in [-0.05, 0) is 18.6 Å². The van der Waals surface area contributed by atoms with Crippen molar-refractivity contribution in [2.24, 2.45) is 0 Å². The largest absolute Gasteiger partial charge is 0.411 e. The van der Waals surface area contributed by atoms with Crippen LogP contribution in [-0.2, 0) is 0 Å². The van der Waals surface area contributed by atoms with Crippen LogP contribution in [0, 0.1) is 0 Å². The van der Waals surface area contributed by atoms with E-state index in [2.05, 4.69) is 17.1 Å². The predicted octanol–water partition coefficient (Wildman–Crippen LogP) is 4.41. The summed E-state index contributed by atoms with van der Waals surface area (Å²) in [5, 5.41) is 8.79. The van der Waals surface area contributed by atoms with E-state index in [1.54, 1.807) is 11.8 Å². The molecule has 4 heteroatoms.